The summed E-state index contributed by atoms with van der Waals surface area (Å²) in [7, 11) is 1.63. The zero-order valence-electron chi connectivity index (χ0n) is 14.8. The van der Waals surface area contributed by atoms with E-state index < -0.39 is 0 Å². The lowest BCUT2D eigenvalue weighted by atomic mass is 9.97. The Bertz CT molecular complexity index is 1030. The molecule has 7 heteroatoms. The topological polar surface area (TPSA) is 92.0 Å². The number of guanidine groups is 1. The van der Waals surface area contributed by atoms with E-state index in [2.05, 4.69) is 27.9 Å². The fourth-order valence-electron chi connectivity index (χ4n) is 3.96. The number of carbonyl (C=O) groups is 1. The number of hydrogen-bond acceptors (Lipinski definition) is 6. The van der Waals surface area contributed by atoms with Gasteiger partial charge in [-0.25, -0.2) is 15.4 Å². The average Bonchev–Trinajstić information content (AvgIpc) is 3.27. The Hall–Kier alpha value is -3.32. The van der Waals surface area contributed by atoms with Gasteiger partial charge in [-0.15, -0.1) is 0 Å². The zero-order chi connectivity index (χ0) is 18.5. The Balaban J connectivity index is 1.50. The molecule has 27 heavy (non-hydrogen) atoms. The number of methoxy groups -OCH3 is 1. The van der Waals surface area contributed by atoms with Crippen molar-refractivity contribution in [3.8, 4) is 5.75 Å². The fraction of sp³-hybridized carbons (Fsp3) is 0.200. The van der Waals surface area contributed by atoms with E-state index in [0.717, 1.165) is 40.1 Å². The van der Waals surface area contributed by atoms with Crippen LogP contribution in [-0.2, 0) is 13.0 Å². The number of ether oxygens (including phenoxy) is 1. The van der Waals surface area contributed by atoms with Crippen LogP contribution in [-0.4, -0.2) is 30.0 Å². The summed E-state index contributed by atoms with van der Waals surface area (Å²) in [4.78, 5) is 16.4. The van der Waals surface area contributed by atoms with Gasteiger partial charge in [0.25, 0.3) is 5.91 Å². The number of hydrogen-bond donors (Lipinski definition) is 3. The van der Waals surface area contributed by atoms with E-state index in [4.69, 9.17) is 10.5 Å². The number of hydrazine groups is 1. The molecule has 5 rings (SSSR count). The molecule has 136 valence electrons. The minimum absolute atomic E-state index is 0.000551. The molecule has 7 nitrogen and oxygen atoms in total. The van der Waals surface area contributed by atoms with Crippen molar-refractivity contribution in [2.45, 2.75) is 19.0 Å². The molecule has 0 saturated carbocycles. The van der Waals surface area contributed by atoms with Gasteiger partial charge in [0.1, 0.15) is 11.4 Å². The molecule has 4 N–H and O–H groups in total. The molecule has 0 radical (unpaired) electrons. The van der Waals surface area contributed by atoms with Crippen LogP contribution in [0, 0.1) is 0 Å². The molecule has 0 aliphatic carbocycles. The first-order valence-electron chi connectivity index (χ1n) is 8.84. The standard InChI is InChI=1S/C20H19N5O2/c1-27-17-7-3-6-14-16-9-12(24-25(16)20(21)23-18(14)17)8-11-4-2-5-13-15(11)10-22-19(13)26/h2-7,9,12,24H,8,10H2,1H3,(H2,21,23)(H,22,26). The molecule has 1 atom stereocenters. The Kier molecular flexibility index (Phi) is 3.45. The molecular formula is C20H19N5O2. The summed E-state index contributed by atoms with van der Waals surface area (Å²) in [5.41, 5.74) is 15.3. The van der Waals surface area contributed by atoms with Crippen molar-refractivity contribution in [3.63, 3.8) is 0 Å². The normalized spacial score (nSPS) is 19.7. The van der Waals surface area contributed by atoms with E-state index in [1.807, 2.05) is 35.3 Å². The molecule has 2 aromatic carbocycles. The highest BCUT2D eigenvalue weighted by Crippen LogP contribution is 2.41. The number of aliphatic imine (C=N–C) groups is 1. The minimum Gasteiger partial charge on any atom is -0.494 e. The molecule has 2 aromatic rings. The number of carbonyl (C=O) groups excluding carboxylic acids is 1. The summed E-state index contributed by atoms with van der Waals surface area (Å²) in [6.07, 6.45) is 2.91. The lowest BCUT2D eigenvalue weighted by Gasteiger charge is -2.28. The quantitative estimate of drug-likeness (QED) is 0.773. The monoisotopic (exact) mass is 361 g/mol. The van der Waals surface area contributed by atoms with Gasteiger partial charge in [-0.2, -0.15) is 0 Å². The number of benzene rings is 2. The Morgan fingerprint density at radius 3 is 2.93 bits per heavy atom. The first kappa shape index (κ1) is 15.9. The maximum atomic E-state index is 11.9. The number of para-hydroxylation sites is 1. The van der Waals surface area contributed by atoms with Gasteiger partial charge < -0.3 is 15.8 Å². The first-order chi connectivity index (χ1) is 13.2. The maximum absolute atomic E-state index is 11.9. The van der Waals surface area contributed by atoms with Gasteiger partial charge in [0.2, 0.25) is 5.96 Å². The van der Waals surface area contributed by atoms with Gasteiger partial charge in [-0.3, -0.25) is 4.79 Å². The molecule has 0 spiro atoms. The smallest absolute Gasteiger partial charge is 0.251 e. The second-order valence-electron chi connectivity index (χ2n) is 6.78. The van der Waals surface area contributed by atoms with Crippen LogP contribution in [0.3, 0.4) is 0 Å². The van der Waals surface area contributed by atoms with E-state index in [1.54, 1.807) is 7.11 Å². The average molecular weight is 361 g/mol. The van der Waals surface area contributed by atoms with Crippen LogP contribution in [0.1, 0.15) is 27.0 Å². The number of nitrogens with zero attached hydrogens (tertiary/aromatic N) is 2. The maximum Gasteiger partial charge on any atom is 0.251 e. The van der Waals surface area contributed by atoms with Crippen LogP contribution in [0.2, 0.25) is 0 Å². The van der Waals surface area contributed by atoms with Gasteiger partial charge in [0.15, 0.2) is 0 Å². The minimum atomic E-state index is -0.000551. The fourth-order valence-corrected chi connectivity index (χ4v) is 3.96. The highest BCUT2D eigenvalue weighted by atomic mass is 16.5. The van der Waals surface area contributed by atoms with E-state index in [9.17, 15) is 4.79 Å². The van der Waals surface area contributed by atoms with Crippen molar-refractivity contribution in [1.82, 2.24) is 15.8 Å². The highest BCUT2D eigenvalue weighted by Gasteiger charge is 2.33. The van der Waals surface area contributed by atoms with Gasteiger partial charge in [0.05, 0.1) is 18.8 Å². The first-order valence-corrected chi connectivity index (χ1v) is 8.84. The number of nitrogens with one attached hydrogen (secondary N) is 2. The molecule has 3 aliphatic heterocycles. The predicted molar refractivity (Wildman–Crippen MR) is 102 cm³/mol. The molecule has 1 amide bonds. The van der Waals surface area contributed by atoms with Gasteiger partial charge in [-0.05, 0) is 35.8 Å². The van der Waals surface area contributed by atoms with E-state index in [0.29, 0.717) is 18.3 Å². The summed E-state index contributed by atoms with van der Waals surface area (Å²) in [6.45, 7) is 0.584. The molecule has 3 aliphatic rings. The van der Waals surface area contributed by atoms with Gasteiger partial charge in [0, 0.05) is 17.7 Å². The second kappa shape index (κ2) is 5.85. The third-order valence-corrected chi connectivity index (χ3v) is 5.23. The van der Waals surface area contributed by atoms with Crippen molar-refractivity contribution in [2.24, 2.45) is 10.7 Å². The Morgan fingerprint density at radius 2 is 2.07 bits per heavy atom. The van der Waals surface area contributed by atoms with Crippen LogP contribution in [0.25, 0.3) is 5.70 Å². The number of fused-ring (bicyclic) bond motifs is 4. The van der Waals surface area contributed by atoms with Crippen molar-refractivity contribution in [1.29, 1.82) is 0 Å². The lowest BCUT2D eigenvalue weighted by Crippen LogP contribution is -2.46. The largest absolute Gasteiger partial charge is 0.494 e. The zero-order valence-corrected chi connectivity index (χ0v) is 14.8. The molecule has 0 fully saturated rings. The van der Waals surface area contributed by atoms with Crippen LogP contribution in [0.4, 0.5) is 5.69 Å². The second-order valence-corrected chi connectivity index (χ2v) is 6.78. The van der Waals surface area contributed by atoms with Crippen molar-refractivity contribution < 1.29 is 9.53 Å². The number of nitrogens with two attached hydrogens (primary N) is 1. The molecule has 0 aromatic heterocycles. The third-order valence-electron chi connectivity index (χ3n) is 5.23. The van der Waals surface area contributed by atoms with Crippen LogP contribution in [0.15, 0.2) is 47.5 Å². The van der Waals surface area contributed by atoms with E-state index >= 15 is 0 Å². The van der Waals surface area contributed by atoms with Crippen LogP contribution < -0.4 is 21.2 Å². The lowest BCUT2D eigenvalue weighted by molar-refractivity contribution is 0.0966. The van der Waals surface area contributed by atoms with Gasteiger partial charge in [-0.1, -0.05) is 24.3 Å². The van der Waals surface area contributed by atoms with E-state index in [1.165, 1.54) is 0 Å². The predicted octanol–water partition coefficient (Wildman–Crippen LogP) is 1.67. The van der Waals surface area contributed by atoms with Gasteiger partial charge >= 0.3 is 0 Å². The summed E-state index contributed by atoms with van der Waals surface area (Å²) in [5, 5.41) is 4.71. The molecule has 1 unspecified atom stereocenters. The van der Waals surface area contributed by atoms with Crippen LogP contribution in [0.5, 0.6) is 5.75 Å². The summed E-state index contributed by atoms with van der Waals surface area (Å²) >= 11 is 0. The van der Waals surface area contributed by atoms with Crippen molar-refractivity contribution in [3.05, 3.63) is 64.7 Å². The molecular weight excluding hydrogens is 342 g/mol. The number of rotatable bonds is 3. The molecule has 0 saturated heterocycles. The summed E-state index contributed by atoms with van der Waals surface area (Å²) in [6, 6.07) is 11.8. The van der Waals surface area contributed by atoms with Crippen LogP contribution >= 0.6 is 0 Å². The van der Waals surface area contributed by atoms with Crippen molar-refractivity contribution in [2.75, 3.05) is 7.11 Å². The molecule has 3 heterocycles. The van der Waals surface area contributed by atoms with Crippen molar-refractivity contribution >= 4 is 23.3 Å². The SMILES string of the molecule is COc1cccc2c1N=C(N)N1NC(Cc3cccc4c3CNC4=O)C=C21. The summed E-state index contributed by atoms with van der Waals surface area (Å²) in [5.74, 6) is 1.08. The number of amides is 1. The molecule has 0 bridgehead atoms. The van der Waals surface area contributed by atoms with E-state index in [-0.39, 0.29) is 11.9 Å². The Labute approximate surface area is 156 Å². The Morgan fingerprint density at radius 1 is 1.26 bits per heavy atom. The third kappa shape index (κ3) is 2.39. The highest BCUT2D eigenvalue weighted by molar-refractivity contribution is 5.99. The summed E-state index contributed by atoms with van der Waals surface area (Å²) < 4.78 is 5.42.